The molecule has 1 aromatic heterocycles. The largest absolute Gasteiger partial charge is 0.355 e. The summed E-state index contributed by atoms with van der Waals surface area (Å²) < 4.78 is 1.62. The Morgan fingerprint density at radius 1 is 1.38 bits per heavy atom. The third kappa shape index (κ3) is 4.44. The van der Waals surface area contributed by atoms with Gasteiger partial charge in [0.05, 0.1) is 6.54 Å². The standard InChI is InChI=1S/C14H16Cl2N4O/c1-10(14-11(15)3-2-4-12(14)16)7-18-13(21)5-6-20-9-17-8-19-20/h2-4,8-10H,5-7H2,1H3,(H,18,21). The topological polar surface area (TPSA) is 59.8 Å². The van der Waals surface area contributed by atoms with Crippen LogP contribution in [0.2, 0.25) is 10.0 Å². The summed E-state index contributed by atoms with van der Waals surface area (Å²) in [6.45, 7) is 2.97. The van der Waals surface area contributed by atoms with Crippen LogP contribution in [-0.4, -0.2) is 27.2 Å². The molecule has 21 heavy (non-hydrogen) atoms. The van der Waals surface area contributed by atoms with Crippen molar-refractivity contribution in [3.63, 3.8) is 0 Å². The minimum absolute atomic E-state index is 0.0412. The zero-order valence-electron chi connectivity index (χ0n) is 11.6. The van der Waals surface area contributed by atoms with E-state index in [4.69, 9.17) is 23.2 Å². The summed E-state index contributed by atoms with van der Waals surface area (Å²) in [6.07, 6.45) is 3.38. The third-order valence-corrected chi connectivity index (χ3v) is 3.79. The van der Waals surface area contributed by atoms with E-state index in [1.54, 1.807) is 29.2 Å². The molecule has 1 unspecified atom stereocenters. The molecular weight excluding hydrogens is 311 g/mol. The predicted molar refractivity (Wildman–Crippen MR) is 82.5 cm³/mol. The van der Waals surface area contributed by atoms with Gasteiger partial charge in [-0.25, -0.2) is 4.98 Å². The van der Waals surface area contributed by atoms with E-state index in [2.05, 4.69) is 15.4 Å². The normalized spacial score (nSPS) is 12.1. The molecule has 7 heteroatoms. The number of hydrogen-bond donors (Lipinski definition) is 1. The van der Waals surface area contributed by atoms with Gasteiger partial charge in [0.15, 0.2) is 0 Å². The van der Waals surface area contributed by atoms with Crippen LogP contribution in [0.3, 0.4) is 0 Å². The Bertz CT molecular complexity index is 581. The van der Waals surface area contributed by atoms with Gasteiger partial charge < -0.3 is 5.32 Å². The van der Waals surface area contributed by atoms with Crippen molar-refractivity contribution in [2.24, 2.45) is 0 Å². The molecule has 0 aliphatic carbocycles. The monoisotopic (exact) mass is 326 g/mol. The summed E-state index contributed by atoms with van der Waals surface area (Å²) in [5.41, 5.74) is 0.859. The minimum Gasteiger partial charge on any atom is -0.355 e. The van der Waals surface area contributed by atoms with Gasteiger partial charge in [-0.15, -0.1) is 0 Å². The van der Waals surface area contributed by atoms with Crippen LogP contribution >= 0.6 is 23.2 Å². The lowest BCUT2D eigenvalue weighted by atomic mass is 10.0. The summed E-state index contributed by atoms with van der Waals surface area (Å²) in [4.78, 5) is 15.6. The molecule has 1 N–H and O–H groups in total. The van der Waals surface area contributed by atoms with Crippen molar-refractivity contribution in [3.8, 4) is 0 Å². The average Bonchev–Trinajstić information content (AvgIpc) is 2.96. The highest BCUT2D eigenvalue weighted by Gasteiger charge is 2.14. The maximum atomic E-state index is 11.8. The molecule has 0 saturated heterocycles. The molecular formula is C14H16Cl2N4O. The number of halogens is 2. The molecule has 0 fully saturated rings. The van der Waals surface area contributed by atoms with Crippen LogP contribution in [0.15, 0.2) is 30.9 Å². The fourth-order valence-electron chi connectivity index (χ4n) is 2.00. The van der Waals surface area contributed by atoms with Crippen LogP contribution in [0.1, 0.15) is 24.8 Å². The van der Waals surface area contributed by atoms with Crippen LogP contribution < -0.4 is 5.32 Å². The fourth-order valence-corrected chi connectivity index (χ4v) is 2.77. The van der Waals surface area contributed by atoms with Crippen LogP contribution in [0.5, 0.6) is 0 Å². The van der Waals surface area contributed by atoms with E-state index < -0.39 is 0 Å². The maximum Gasteiger partial charge on any atom is 0.221 e. The van der Waals surface area contributed by atoms with E-state index in [-0.39, 0.29) is 11.8 Å². The molecule has 0 spiro atoms. The first-order chi connectivity index (χ1) is 10.1. The maximum absolute atomic E-state index is 11.8. The van der Waals surface area contributed by atoms with Gasteiger partial charge in [0.25, 0.3) is 0 Å². The zero-order chi connectivity index (χ0) is 15.2. The first-order valence-corrected chi connectivity index (χ1v) is 7.36. The van der Waals surface area contributed by atoms with Gasteiger partial charge in [-0.1, -0.05) is 36.2 Å². The number of rotatable bonds is 6. The summed E-state index contributed by atoms with van der Waals surface area (Å²) in [7, 11) is 0. The van der Waals surface area contributed by atoms with Gasteiger partial charge in [-0.3, -0.25) is 9.48 Å². The van der Waals surface area contributed by atoms with E-state index >= 15 is 0 Å². The molecule has 5 nitrogen and oxygen atoms in total. The van der Waals surface area contributed by atoms with Gasteiger partial charge in [-0.2, -0.15) is 5.10 Å². The highest BCUT2D eigenvalue weighted by molar-refractivity contribution is 6.36. The highest BCUT2D eigenvalue weighted by Crippen LogP contribution is 2.30. The molecule has 2 aromatic rings. The van der Waals surface area contributed by atoms with Crippen molar-refractivity contribution in [2.75, 3.05) is 6.54 Å². The fraction of sp³-hybridized carbons (Fsp3) is 0.357. The minimum atomic E-state index is -0.0412. The van der Waals surface area contributed by atoms with Crippen molar-refractivity contribution >= 4 is 29.1 Å². The summed E-state index contributed by atoms with van der Waals surface area (Å²) in [5, 5.41) is 8.06. The number of carbonyl (C=O) groups is 1. The number of nitrogens with zero attached hydrogens (tertiary/aromatic N) is 3. The van der Waals surface area contributed by atoms with Gasteiger partial charge in [0.1, 0.15) is 12.7 Å². The van der Waals surface area contributed by atoms with E-state index in [1.165, 1.54) is 6.33 Å². The van der Waals surface area contributed by atoms with Gasteiger partial charge >= 0.3 is 0 Å². The highest BCUT2D eigenvalue weighted by atomic mass is 35.5. The molecule has 1 amide bonds. The Morgan fingerprint density at radius 3 is 2.71 bits per heavy atom. The molecule has 0 radical (unpaired) electrons. The van der Waals surface area contributed by atoms with E-state index in [1.807, 2.05) is 6.92 Å². The zero-order valence-corrected chi connectivity index (χ0v) is 13.1. The van der Waals surface area contributed by atoms with Crippen molar-refractivity contribution in [1.29, 1.82) is 0 Å². The van der Waals surface area contributed by atoms with Gasteiger partial charge in [0.2, 0.25) is 5.91 Å². The van der Waals surface area contributed by atoms with Crippen molar-refractivity contribution in [3.05, 3.63) is 46.5 Å². The number of hydrogen-bond acceptors (Lipinski definition) is 3. The molecule has 1 atom stereocenters. The molecule has 0 saturated carbocycles. The second kappa shape index (κ2) is 7.43. The number of amides is 1. The molecule has 1 aromatic carbocycles. The van der Waals surface area contributed by atoms with Gasteiger partial charge in [0, 0.05) is 28.9 Å². The number of carbonyl (C=O) groups excluding carboxylic acids is 1. The summed E-state index contributed by atoms with van der Waals surface area (Å²) in [6, 6.07) is 5.40. The average molecular weight is 327 g/mol. The number of nitrogens with one attached hydrogen (secondary N) is 1. The van der Waals surface area contributed by atoms with Crippen LogP contribution in [0.25, 0.3) is 0 Å². The first-order valence-electron chi connectivity index (χ1n) is 6.61. The Balaban J connectivity index is 1.83. The predicted octanol–water partition coefficient (Wildman–Crippen LogP) is 2.89. The molecule has 0 aliphatic heterocycles. The molecule has 2 rings (SSSR count). The second-order valence-electron chi connectivity index (χ2n) is 4.75. The van der Waals surface area contributed by atoms with E-state index in [9.17, 15) is 4.79 Å². The summed E-state index contributed by atoms with van der Waals surface area (Å²) in [5.74, 6) is 0.00189. The first kappa shape index (κ1) is 15.8. The van der Waals surface area contributed by atoms with E-state index in [0.717, 1.165) is 5.56 Å². The Labute approximate surface area is 133 Å². The molecule has 0 bridgehead atoms. The number of benzene rings is 1. The van der Waals surface area contributed by atoms with Crippen molar-refractivity contribution in [2.45, 2.75) is 25.8 Å². The lowest BCUT2D eigenvalue weighted by molar-refractivity contribution is -0.121. The molecule has 0 aliphatic rings. The number of aryl methyl sites for hydroxylation is 1. The van der Waals surface area contributed by atoms with Crippen molar-refractivity contribution in [1.82, 2.24) is 20.1 Å². The Morgan fingerprint density at radius 2 is 2.10 bits per heavy atom. The third-order valence-electron chi connectivity index (χ3n) is 3.13. The Kier molecular flexibility index (Phi) is 5.59. The van der Waals surface area contributed by atoms with Crippen LogP contribution in [0.4, 0.5) is 0 Å². The molecule has 1 heterocycles. The Hall–Kier alpha value is -1.59. The van der Waals surface area contributed by atoms with E-state index in [0.29, 0.717) is 29.6 Å². The van der Waals surface area contributed by atoms with Crippen LogP contribution in [0, 0.1) is 0 Å². The lowest BCUT2D eigenvalue weighted by Gasteiger charge is -2.16. The second-order valence-corrected chi connectivity index (χ2v) is 5.56. The lowest BCUT2D eigenvalue weighted by Crippen LogP contribution is -2.28. The van der Waals surface area contributed by atoms with Crippen LogP contribution in [-0.2, 0) is 11.3 Å². The number of aromatic nitrogens is 3. The molecule has 112 valence electrons. The summed E-state index contributed by atoms with van der Waals surface area (Å²) >= 11 is 12.3. The van der Waals surface area contributed by atoms with Crippen molar-refractivity contribution < 1.29 is 4.79 Å². The SMILES string of the molecule is CC(CNC(=O)CCn1cncn1)c1c(Cl)cccc1Cl. The van der Waals surface area contributed by atoms with Gasteiger partial charge in [-0.05, 0) is 17.7 Å². The smallest absolute Gasteiger partial charge is 0.221 e. The quantitative estimate of drug-likeness (QED) is 0.887.